The van der Waals surface area contributed by atoms with Crippen molar-refractivity contribution in [1.29, 1.82) is 5.26 Å². The van der Waals surface area contributed by atoms with E-state index in [-0.39, 0.29) is 5.41 Å². The monoisotopic (exact) mass is 286 g/mol. The molecule has 0 heterocycles. The number of hydrogen-bond acceptors (Lipinski definition) is 3. The highest BCUT2D eigenvalue weighted by Gasteiger charge is 2.33. The van der Waals surface area contributed by atoms with Crippen LogP contribution in [0.2, 0.25) is 0 Å². The van der Waals surface area contributed by atoms with Crippen LogP contribution in [0.3, 0.4) is 0 Å². The molecule has 1 aliphatic carbocycles. The van der Waals surface area contributed by atoms with Gasteiger partial charge in [0, 0.05) is 6.04 Å². The molecule has 0 spiro atoms. The first-order chi connectivity index (χ1) is 9.88. The minimum Gasteiger partial charge on any atom is -0.491 e. The molecule has 0 amide bonds. The van der Waals surface area contributed by atoms with Crippen LogP contribution >= 0.6 is 0 Å². The Morgan fingerprint density at radius 2 is 1.86 bits per heavy atom. The summed E-state index contributed by atoms with van der Waals surface area (Å²) in [6.07, 6.45) is 3.43. The van der Waals surface area contributed by atoms with E-state index in [1.807, 2.05) is 19.1 Å². The Hall–Kier alpha value is -1.53. The van der Waals surface area contributed by atoms with E-state index in [4.69, 9.17) is 4.74 Å². The fourth-order valence-corrected chi connectivity index (χ4v) is 2.22. The minimum absolute atomic E-state index is 0.188. The van der Waals surface area contributed by atoms with Crippen molar-refractivity contribution in [2.75, 3.05) is 6.61 Å². The van der Waals surface area contributed by atoms with Crippen LogP contribution in [0.1, 0.15) is 52.5 Å². The number of nitrogens with zero attached hydrogens (tertiary/aromatic N) is 1. The van der Waals surface area contributed by atoms with Gasteiger partial charge in [-0.25, -0.2) is 0 Å². The lowest BCUT2D eigenvalue weighted by Gasteiger charge is -2.25. The Morgan fingerprint density at radius 3 is 2.33 bits per heavy atom. The van der Waals surface area contributed by atoms with Crippen molar-refractivity contribution in [3.05, 3.63) is 29.8 Å². The molecule has 1 aromatic rings. The molecule has 1 fully saturated rings. The largest absolute Gasteiger partial charge is 0.491 e. The Labute approximate surface area is 128 Å². The number of nitrogens with one attached hydrogen (secondary N) is 1. The van der Waals surface area contributed by atoms with Crippen molar-refractivity contribution in [2.45, 2.75) is 64.0 Å². The van der Waals surface area contributed by atoms with Gasteiger partial charge in [0.1, 0.15) is 17.9 Å². The Kier molecular flexibility index (Phi) is 4.58. The van der Waals surface area contributed by atoms with Crippen molar-refractivity contribution >= 4 is 0 Å². The molecular weight excluding hydrogens is 260 g/mol. The minimum atomic E-state index is -0.609. The molecule has 3 nitrogen and oxygen atoms in total. The van der Waals surface area contributed by atoms with Crippen LogP contribution in [-0.2, 0) is 5.41 Å². The zero-order valence-electron chi connectivity index (χ0n) is 13.6. The second-order valence-electron chi connectivity index (χ2n) is 6.91. The van der Waals surface area contributed by atoms with Crippen LogP contribution in [0.25, 0.3) is 0 Å². The lowest BCUT2D eigenvalue weighted by molar-refractivity contribution is 0.232. The number of ether oxygens (including phenoxy) is 1. The second kappa shape index (κ2) is 6.07. The van der Waals surface area contributed by atoms with E-state index >= 15 is 0 Å². The van der Waals surface area contributed by atoms with Crippen LogP contribution < -0.4 is 10.1 Å². The van der Waals surface area contributed by atoms with E-state index in [0.29, 0.717) is 12.6 Å². The van der Waals surface area contributed by atoms with Gasteiger partial charge in [0.2, 0.25) is 0 Å². The van der Waals surface area contributed by atoms with E-state index in [1.54, 1.807) is 0 Å². The maximum Gasteiger partial charge on any atom is 0.138 e. The number of benzene rings is 1. The molecule has 1 aromatic carbocycles. The summed E-state index contributed by atoms with van der Waals surface area (Å²) in [5, 5.41) is 12.7. The molecule has 0 saturated heterocycles. The third kappa shape index (κ3) is 4.22. The van der Waals surface area contributed by atoms with Gasteiger partial charge < -0.3 is 4.74 Å². The number of rotatable bonds is 7. The Balaban J connectivity index is 1.95. The van der Waals surface area contributed by atoms with E-state index in [2.05, 4.69) is 44.3 Å². The average Bonchev–Trinajstić information content (AvgIpc) is 3.29. The summed E-state index contributed by atoms with van der Waals surface area (Å²) in [6.45, 7) is 8.97. The molecule has 1 unspecified atom stereocenters. The Morgan fingerprint density at radius 1 is 1.24 bits per heavy atom. The standard InChI is InChI=1S/C18H26N2O/c1-5-17(2,3)14-6-10-16(11-7-14)21-13-18(4,12-19)20-15-8-9-15/h6-7,10-11,15,20H,5,8-9,13H2,1-4H3. The van der Waals surface area contributed by atoms with E-state index in [0.717, 1.165) is 25.0 Å². The first-order valence-electron chi connectivity index (χ1n) is 7.81. The summed E-state index contributed by atoms with van der Waals surface area (Å²) in [5.41, 5.74) is 0.895. The molecule has 0 radical (unpaired) electrons. The molecule has 1 saturated carbocycles. The lowest BCUT2D eigenvalue weighted by atomic mass is 9.82. The van der Waals surface area contributed by atoms with Crippen LogP contribution in [-0.4, -0.2) is 18.2 Å². The summed E-state index contributed by atoms with van der Waals surface area (Å²) in [5.74, 6) is 0.824. The van der Waals surface area contributed by atoms with Gasteiger partial charge in [-0.3, -0.25) is 5.32 Å². The third-order valence-electron chi connectivity index (χ3n) is 4.39. The normalized spacial score (nSPS) is 17.9. The number of nitriles is 1. The van der Waals surface area contributed by atoms with Crippen molar-refractivity contribution in [2.24, 2.45) is 0 Å². The highest BCUT2D eigenvalue weighted by molar-refractivity contribution is 5.31. The summed E-state index contributed by atoms with van der Waals surface area (Å²) in [6, 6.07) is 11.1. The molecule has 0 aromatic heterocycles. The van der Waals surface area contributed by atoms with Gasteiger partial charge in [-0.15, -0.1) is 0 Å². The predicted molar refractivity (Wildman–Crippen MR) is 85.4 cm³/mol. The number of hydrogen-bond donors (Lipinski definition) is 1. The fraction of sp³-hybridized carbons (Fsp3) is 0.611. The van der Waals surface area contributed by atoms with E-state index in [1.165, 1.54) is 5.56 Å². The molecule has 114 valence electrons. The topological polar surface area (TPSA) is 45.0 Å². The zero-order valence-corrected chi connectivity index (χ0v) is 13.6. The molecule has 1 N–H and O–H groups in total. The van der Waals surface area contributed by atoms with Gasteiger partial charge >= 0.3 is 0 Å². The summed E-state index contributed by atoms with van der Waals surface area (Å²) >= 11 is 0. The van der Waals surface area contributed by atoms with E-state index < -0.39 is 5.54 Å². The maximum absolute atomic E-state index is 9.33. The van der Waals surface area contributed by atoms with Gasteiger partial charge in [-0.2, -0.15) is 5.26 Å². The first kappa shape index (κ1) is 15.9. The molecular formula is C18H26N2O. The van der Waals surface area contributed by atoms with Crippen LogP contribution in [0.5, 0.6) is 5.75 Å². The third-order valence-corrected chi connectivity index (χ3v) is 4.39. The fourth-order valence-electron chi connectivity index (χ4n) is 2.22. The molecule has 1 atom stereocenters. The summed E-state index contributed by atoms with van der Waals surface area (Å²) in [7, 11) is 0. The average molecular weight is 286 g/mol. The summed E-state index contributed by atoms with van der Waals surface area (Å²) in [4.78, 5) is 0. The smallest absolute Gasteiger partial charge is 0.138 e. The maximum atomic E-state index is 9.33. The molecule has 0 bridgehead atoms. The highest BCUT2D eigenvalue weighted by atomic mass is 16.5. The predicted octanol–water partition coefficient (Wildman–Crippen LogP) is 3.79. The molecule has 1 aliphatic rings. The lowest BCUT2D eigenvalue weighted by Crippen LogP contribution is -2.47. The van der Waals surface area contributed by atoms with E-state index in [9.17, 15) is 5.26 Å². The molecule has 0 aliphatic heterocycles. The SMILES string of the molecule is CCC(C)(C)c1ccc(OCC(C)(C#N)NC2CC2)cc1. The Bertz CT molecular complexity index is 511. The quantitative estimate of drug-likeness (QED) is 0.829. The van der Waals surface area contributed by atoms with Crippen molar-refractivity contribution in [3.63, 3.8) is 0 Å². The first-order valence-corrected chi connectivity index (χ1v) is 7.81. The summed E-state index contributed by atoms with van der Waals surface area (Å²) < 4.78 is 5.81. The van der Waals surface area contributed by atoms with Crippen LogP contribution in [0.15, 0.2) is 24.3 Å². The van der Waals surface area contributed by atoms with Crippen molar-refractivity contribution in [3.8, 4) is 11.8 Å². The van der Waals surface area contributed by atoms with Crippen LogP contribution in [0.4, 0.5) is 0 Å². The van der Waals surface area contributed by atoms with Gasteiger partial charge in [0.15, 0.2) is 0 Å². The zero-order chi connectivity index (χ0) is 15.5. The van der Waals surface area contributed by atoms with Gasteiger partial charge in [-0.05, 0) is 49.3 Å². The highest BCUT2D eigenvalue weighted by Crippen LogP contribution is 2.28. The van der Waals surface area contributed by atoms with Crippen molar-refractivity contribution < 1.29 is 4.74 Å². The van der Waals surface area contributed by atoms with Gasteiger partial charge in [0.25, 0.3) is 0 Å². The van der Waals surface area contributed by atoms with Crippen molar-refractivity contribution in [1.82, 2.24) is 5.32 Å². The van der Waals surface area contributed by atoms with Gasteiger partial charge in [0.05, 0.1) is 6.07 Å². The van der Waals surface area contributed by atoms with Crippen LogP contribution in [0, 0.1) is 11.3 Å². The van der Waals surface area contributed by atoms with Gasteiger partial charge in [-0.1, -0.05) is 32.9 Å². The molecule has 3 heteroatoms. The molecule has 2 rings (SSSR count). The molecule has 21 heavy (non-hydrogen) atoms. The second-order valence-corrected chi connectivity index (χ2v) is 6.91.